The third-order valence-electron chi connectivity index (χ3n) is 4.43. The van der Waals surface area contributed by atoms with Crippen molar-refractivity contribution in [3.8, 4) is 5.75 Å². The van der Waals surface area contributed by atoms with Crippen LogP contribution in [-0.2, 0) is 21.2 Å². The number of carbonyl (C=O) groups is 1. The van der Waals surface area contributed by atoms with Gasteiger partial charge in [0.1, 0.15) is 5.75 Å². The predicted molar refractivity (Wildman–Crippen MR) is 122 cm³/mol. The van der Waals surface area contributed by atoms with Crippen molar-refractivity contribution in [2.24, 2.45) is 5.10 Å². The number of thiophene rings is 1. The lowest BCUT2D eigenvalue weighted by Crippen LogP contribution is -2.40. The second-order valence-electron chi connectivity index (χ2n) is 6.56. The Morgan fingerprint density at radius 1 is 1.10 bits per heavy atom. The molecule has 3 aromatic rings. The van der Waals surface area contributed by atoms with Crippen LogP contribution in [-0.4, -0.2) is 45.0 Å². The fourth-order valence-electron chi connectivity index (χ4n) is 2.81. The lowest BCUT2D eigenvalue weighted by atomic mass is 10.1. The van der Waals surface area contributed by atoms with Gasteiger partial charge in [0.25, 0.3) is 5.91 Å². The molecule has 0 aliphatic rings. The number of sulfonamides is 1. The molecule has 0 aliphatic carbocycles. The summed E-state index contributed by atoms with van der Waals surface area (Å²) in [6, 6.07) is 19.4. The fraction of sp³-hybridized carbons (Fsp3) is 0.182. The van der Waals surface area contributed by atoms with E-state index in [0.29, 0.717) is 12.2 Å². The van der Waals surface area contributed by atoms with Crippen LogP contribution in [0.25, 0.3) is 0 Å². The fourth-order valence-corrected chi connectivity index (χ4v) is 4.79. The maximum atomic E-state index is 13.2. The molecular weight excluding hydrogens is 434 g/mol. The summed E-state index contributed by atoms with van der Waals surface area (Å²) in [5.74, 6) is 0.0356. The van der Waals surface area contributed by atoms with Crippen molar-refractivity contribution in [3.63, 3.8) is 0 Å². The summed E-state index contributed by atoms with van der Waals surface area (Å²) in [7, 11) is -2.38. The number of nitrogens with zero attached hydrogens (tertiary/aromatic N) is 2. The van der Waals surface area contributed by atoms with Gasteiger partial charge in [-0.05, 0) is 47.7 Å². The number of hydrogen-bond donors (Lipinski definition) is 1. The summed E-state index contributed by atoms with van der Waals surface area (Å²) in [5, 5.41) is 5.81. The summed E-state index contributed by atoms with van der Waals surface area (Å²) in [6.07, 6.45) is 2.00. The molecule has 0 saturated carbocycles. The zero-order chi connectivity index (χ0) is 22.1. The van der Waals surface area contributed by atoms with Crippen molar-refractivity contribution >= 4 is 33.5 Å². The molecule has 2 aromatic carbocycles. The number of methoxy groups -OCH3 is 1. The number of rotatable bonds is 10. The molecule has 1 N–H and O–H groups in total. The summed E-state index contributed by atoms with van der Waals surface area (Å²) in [5.41, 5.74) is 3.38. The first-order valence-corrected chi connectivity index (χ1v) is 11.8. The van der Waals surface area contributed by atoms with Crippen molar-refractivity contribution in [2.45, 2.75) is 11.3 Å². The second kappa shape index (κ2) is 10.9. The lowest BCUT2D eigenvalue weighted by molar-refractivity contribution is -0.121. The minimum absolute atomic E-state index is 0.0937. The first kappa shape index (κ1) is 22.7. The Morgan fingerprint density at radius 3 is 2.48 bits per heavy atom. The van der Waals surface area contributed by atoms with E-state index in [4.69, 9.17) is 4.74 Å². The van der Waals surface area contributed by atoms with Gasteiger partial charge in [-0.1, -0.05) is 36.4 Å². The van der Waals surface area contributed by atoms with Crippen LogP contribution in [0.2, 0.25) is 0 Å². The van der Waals surface area contributed by atoms with E-state index in [2.05, 4.69) is 10.5 Å². The molecule has 1 amide bonds. The van der Waals surface area contributed by atoms with Crippen LogP contribution in [0, 0.1) is 0 Å². The molecule has 0 radical (unpaired) electrons. The quantitative estimate of drug-likeness (QED) is 0.374. The Balaban J connectivity index is 1.74. The molecule has 0 saturated heterocycles. The van der Waals surface area contributed by atoms with Crippen molar-refractivity contribution in [1.29, 1.82) is 0 Å². The number of amides is 1. The van der Waals surface area contributed by atoms with Crippen molar-refractivity contribution in [3.05, 3.63) is 82.6 Å². The number of nitrogens with one attached hydrogen (secondary N) is 1. The van der Waals surface area contributed by atoms with E-state index < -0.39 is 15.9 Å². The van der Waals surface area contributed by atoms with E-state index in [-0.39, 0.29) is 18.0 Å². The van der Waals surface area contributed by atoms with Crippen LogP contribution in [0.15, 0.2) is 82.1 Å². The standard InChI is InChI=1S/C22H23N3O4S2/c1-29-19-9-11-21(12-10-19)31(27,28)25(14-13-18-6-3-2-4-7-18)17-22(26)24-23-16-20-8-5-15-30-20/h2-12,15-16H,13-14,17H2,1H3,(H,24,26). The monoisotopic (exact) mass is 457 g/mol. The zero-order valence-corrected chi connectivity index (χ0v) is 18.6. The van der Waals surface area contributed by atoms with Crippen LogP contribution in [0.4, 0.5) is 0 Å². The van der Waals surface area contributed by atoms with Gasteiger partial charge in [-0.25, -0.2) is 13.8 Å². The molecule has 7 nitrogen and oxygen atoms in total. The molecule has 1 aromatic heterocycles. The molecule has 0 aliphatic heterocycles. The van der Waals surface area contributed by atoms with Gasteiger partial charge in [-0.3, -0.25) is 4.79 Å². The largest absolute Gasteiger partial charge is 0.497 e. The summed E-state index contributed by atoms with van der Waals surface area (Å²) < 4.78 is 32.7. The van der Waals surface area contributed by atoms with Crippen LogP contribution < -0.4 is 10.2 Å². The molecule has 0 bridgehead atoms. The normalized spacial score (nSPS) is 11.7. The van der Waals surface area contributed by atoms with Gasteiger partial charge in [0, 0.05) is 11.4 Å². The number of benzene rings is 2. The molecular formula is C22H23N3O4S2. The van der Waals surface area contributed by atoms with E-state index in [1.165, 1.54) is 36.8 Å². The highest BCUT2D eigenvalue weighted by atomic mass is 32.2. The van der Waals surface area contributed by atoms with Gasteiger partial charge in [0.15, 0.2) is 0 Å². The van der Waals surface area contributed by atoms with Gasteiger partial charge in [0.05, 0.1) is 24.8 Å². The maximum absolute atomic E-state index is 13.2. The van der Waals surface area contributed by atoms with Crippen molar-refractivity contribution in [1.82, 2.24) is 9.73 Å². The predicted octanol–water partition coefficient (Wildman–Crippen LogP) is 3.14. The average Bonchev–Trinajstić information content (AvgIpc) is 3.31. The number of hydrogen-bond acceptors (Lipinski definition) is 6. The van der Waals surface area contributed by atoms with E-state index >= 15 is 0 Å². The molecule has 0 atom stereocenters. The highest BCUT2D eigenvalue weighted by Gasteiger charge is 2.26. The molecule has 9 heteroatoms. The molecule has 162 valence electrons. The first-order chi connectivity index (χ1) is 15.0. The van der Waals surface area contributed by atoms with Crippen LogP contribution in [0.5, 0.6) is 5.75 Å². The Labute approximate surface area is 186 Å². The van der Waals surface area contributed by atoms with Crippen molar-refractivity contribution in [2.75, 3.05) is 20.2 Å². The third-order valence-corrected chi connectivity index (χ3v) is 7.10. The Bertz CT molecular complexity index is 1100. The van der Waals surface area contributed by atoms with Gasteiger partial charge in [0.2, 0.25) is 10.0 Å². The molecule has 0 fully saturated rings. The summed E-state index contributed by atoms with van der Waals surface area (Å²) >= 11 is 1.48. The Kier molecular flexibility index (Phi) is 7.94. The minimum atomic E-state index is -3.89. The maximum Gasteiger partial charge on any atom is 0.255 e. The minimum Gasteiger partial charge on any atom is -0.497 e. The Hall–Kier alpha value is -3.01. The third kappa shape index (κ3) is 6.48. The van der Waals surface area contributed by atoms with E-state index in [1.54, 1.807) is 12.1 Å². The van der Waals surface area contributed by atoms with E-state index in [0.717, 1.165) is 14.7 Å². The van der Waals surface area contributed by atoms with E-state index in [9.17, 15) is 13.2 Å². The van der Waals surface area contributed by atoms with Crippen LogP contribution in [0.1, 0.15) is 10.4 Å². The molecule has 31 heavy (non-hydrogen) atoms. The van der Waals surface area contributed by atoms with Gasteiger partial charge < -0.3 is 4.74 Å². The highest BCUT2D eigenvalue weighted by molar-refractivity contribution is 7.89. The average molecular weight is 458 g/mol. The van der Waals surface area contributed by atoms with Crippen LogP contribution >= 0.6 is 11.3 Å². The number of carbonyl (C=O) groups excluding carboxylic acids is 1. The van der Waals surface area contributed by atoms with Gasteiger partial charge >= 0.3 is 0 Å². The zero-order valence-electron chi connectivity index (χ0n) is 17.0. The number of ether oxygens (including phenoxy) is 1. The van der Waals surface area contributed by atoms with Crippen LogP contribution in [0.3, 0.4) is 0 Å². The van der Waals surface area contributed by atoms with Gasteiger partial charge in [-0.15, -0.1) is 11.3 Å². The SMILES string of the molecule is COc1ccc(S(=O)(=O)N(CCc2ccccc2)CC(=O)NN=Cc2cccs2)cc1. The second-order valence-corrected chi connectivity index (χ2v) is 9.48. The van der Waals surface area contributed by atoms with E-state index in [1.807, 2.05) is 47.8 Å². The lowest BCUT2D eigenvalue weighted by Gasteiger charge is -2.21. The molecule has 1 heterocycles. The topological polar surface area (TPSA) is 88.1 Å². The summed E-state index contributed by atoms with van der Waals surface area (Å²) in [4.78, 5) is 13.4. The molecule has 0 unspecified atom stereocenters. The number of hydrazone groups is 1. The van der Waals surface area contributed by atoms with Crippen molar-refractivity contribution < 1.29 is 17.9 Å². The first-order valence-electron chi connectivity index (χ1n) is 9.52. The highest BCUT2D eigenvalue weighted by Crippen LogP contribution is 2.20. The smallest absolute Gasteiger partial charge is 0.255 e. The summed E-state index contributed by atoms with van der Waals surface area (Å²) in [6.45, 7) is -0.191. The molecule has 3 rings (SSSR count). The van der Waals surface area contributed by atoms with Gasteiger partial charge in [-0.2, -0.15) is 9.41 Å². The molecule has 0 spiro atoms. The Morgan fingerprint density at radius 2 is 1.84 bits per heavy atom.